The highest BCUT2D eigenvalue weighted by Gasteiger charge is 2.29. The Labute approximate surface area is 230 Å². The topological polar surface area (TPSA) is 221 Å². The van der Waals surface area contributed by atoms with E-state index in [1.54, 1.807) is 23.7 Å². The molecule has 0 saturated heterocycles. The lowest BCUT2D eigenvalue weighted by molar-refractivity contribution is -0.165. The minimum absolute atomic E-state index is 0.000988. The fourth-order valence-electron chi connectivity index (χ4n) is 3.04. The third kappa shape index (κ3) is 9.16. The number of aliphatic hydroxyl groups excluding tert-OH is 2. The molecule has 0 radical (unpaired) electrons. The number of carbonyl (C=O) groups excluding carboxylic acids is 1. The van der Waals surface area contributed by atoms with Crippen LogP contribution in [0, 0.1) is 5.82 Å². The van der Waals surface area contributed by atoms with Gasteiger partial charge in [-0.1, -0.05) is 11.6 Å². The molecule has 1 heterocycles. The first kappa shape index (κ1) is 31.9. The number of halogens is 2. The number of ether oxygens (including phenoxy) is 2. The molecule has 0 saturated carbocycles. The molecule has 2 unspecified atom stereocenters. The average molecular weight is 585 g/mol. The van der Waals surface area contributed by atoms with Crippen LogP contribution in [0.3, 0.4) is 0 Å². The van der Waals surface area contributed by atoms with E-state index in [9.17, 15) is 18.8 Å². The number of aliphatic hydroxyl groups is 2. The molecule has 1 amide bonds. The Bertz CT molecular complexity index is 1330. The number of hydrogen-bond donors (Lipinski definition) is 7. The Hall–Kier alpha value is -4.31. The highest BCUT2D eigenvalue weighted by Crippen LogP contribution is 2.35. The molecule has 2 aromatic carbocycles. The van der Waals surface area contributed by atoms with Crippen molar-refractivity contribution in [3.63, 3.8) is 0 Å². The van der Waals surface area contributed by atoms with Crippen molar-refractivity contribution in [2.24, 2.45) is 0 Å². The quantitative estimate of drug-likeness (QED) is 0.0921. The van der Waals surface area contributed by atoms with E-state index in [1.807, 2.05) is 0 Å². The van der Waals surface area contributed by atoms with Gasteiger partial charge >= 0.3 is 11.9 Å². The van der Waals surface area contributed by atoms with Crippen LogP contribution in [0.1, 0.15) is 19.3 Å². The highest BCUT2D eigenvalue weighted by atomic mass is 35.5. The summed E-state index contributed by atoms with van der Waals surface area (Å²) in [6.45, 7) is 0.352. The van der Waals surface area contributed by atoms with Crippen molar-refractivity contribution in [3.05, 3.63) is 47.5 Å². The monoisotopic (exact) mass is 584 g/mol. The van der Waals surface area contributed by atoms with E-state index in [4.69, 9.17) is 46.7 Å². The van der Waals surface area contributed by atoms with Gasteiger partial charge in [0.05, 0.1) is 24.3 Å². The number of hydrogen-bond acceptors (Lipinski definition) is 11. The van der Waals surface area contributed by atoms with Crippen LogP contribution < -0.4 is 20.3 Å². The number of unbranched alkanes of at least 4 members (excludes halogenated alkanes) is 1. The van der Waals surface area contributed by atoms with E-state index in [0.717, 1.165) is 0 Å². The Morgan fingerprint density at radius 2 is 1.70 bits per heavy atom. The fourth-order valence-corrected chi connectivity index (χ4v) is 3.22. The van der Waals surface area contributed by atoms with Crippen molar-refractivity contribution in [1.82, 2.24) is 15.4 Å². The summed E-state index contributed by atoms with van der Waals surface area (Å²) in [5.74, 6) is -2.99. The minimum atomic E-state index is -2.27. The number of carboxylic acid groups (broad SMARTS) is 2. The molecular weight excluding hydrogens is 559 g/mol. The molecule has 7 N–H and O–H groups in total. The number of anilines is 2. The first-order valence-corrected chi connectivity index (χ1v) is 11.8. The van der Waals surface area contributed by atoms with Gasteiger partial charge in [0.2, 0.25) is 5.91 Å². The number of benzene rings is 2. The van der Waals surface area contributed by atoms with Gasteiger partial charge in [-0.15, -0.1) is 0 Å². The fraction of sp³-hybridized carbons (Fsp3) is 0.292. The number of methoxy groups -OCH3 is 1. The van der Waals surface area contributed by atoms with Gasteiger partial charge in [0, 0.05) is 23.6 Å². The molecule has 14 nitrogen and oxygen atoms in total. The van der Waals surface area contributed by atoms with E-state index in [2.05, 4.69) is 15.3 Å². The molecule has 0 spiro atoms. The normalized spacial score (nSPS) is 11.9. The number of amides is 1. The zero-order chi connectivity index (χ0) is 29.8. The maximum absolute atomic E-state index is 13.4. The third-order valence-corrected chi connectivity index (χ3v) is 5.38. The van der Waals surface area contributed by atoms with Gasteiger partial charge in [-0.25, -0.2) is 29.4 Å². The Kier molecular flexibility index (Phi) is 12.2. The molecule has 216 valence electrons. The van der Waals surface area contributed by atoms with E-state index in [1.165, 1.54) is 25.6 Å². The Morgan fingerprint density at radius 3 is 2.27 bits per heavy atom. The molecule has 0 fully saturated rings. The molecule has 2 atom stereocenters. The summed E-state index contributed by atoms with van der Waals surface area (Å²) in [4.78, 5) is 39.1. The summed E-state index contributed by atoms with van der Waals surface area (Å²) < 4.78 is 24.6. The predicted molar refractivity (Wildman–Crippen MR) is 137 cm³/mol. The van der Waals surface area contributed by atoms with Gasteiger partial charge in [0.1, 0.15) is 18.0 Å². The lowest BCUT2D eigenvalue weighted by atomic mass is 10.2. The number of carbonyl (C=O) groups is 3. The number of nitrogens with one attached hydrogen (secondary N) is 2. The first-order chi connectivity index (χ1) is 19.0. The third-order valence-electron chi connectivity index (χ3n) is 5.09. The van der Waals surface area contributed by atoms with Crippen LogP contribution in [0.2, 0.25) is 5.02 Å². The van der Waals surface area contributed by atoms with Crippen LogP contribution in [0.25, 0.3) is 10.9 Å². The van der Waals surface area contributed by atoms with Crippen molar-refractivity contribution in [3.8, 4) is 11.5 Å². The van der Waals surface area contributed by atoms with Crippen LogP contribution >= 0.6 is 11.6 Å². The summed E-state index contributed by atoms with van der Waals surface area (Å²) in [6, 6.07) is 7.77. The summed E-state index contributed by atoms with van der Waals surface area (Å²) in [6.07, 6.45) is -1.75. The molecule has 0 bridgehead atoms. The molecule has 1 aromatic heterocycles. The van der Waals surface area contributed by atoms with Crippen molar-refractivity contribution < 1.29 is 53.9 Å². The lowest BCUT2D eigenvalue weighted by Crippen LogP contribution is -2.39. The number of aromatic nitrogens is 2. The summed E-state index contributed by atoms with van der Waals surface area (Å²) >= 11 is 5.85. The molecule has 16 heteroatoms. The second-order valence-electron chi connectivity index (χ2n) is 7.90. The number of nitrogens with zero attached hydrogens (tertiary/aromatic N) is 2. The van der Waals surface area contributed by atoms with Crippen molar-refractivity contribution in [2.75, 3.05) is 19.0 Å². The Balaban J connectivity index is 0.000000478. The van der Waals surface area contributed by atoms with Gasteiger partial charge in [0.25, 0.3) is 0 Å². The van der Waals surface area contributed by atoms with E-state index < -0.39 is 35.9 Å². The molecule has 0 aliphatic heterocycles. The number of aliphatic carboxylic acids is 2. The number of fused-ring (bicyclic) bond motifs is 1. The molecule has 0 aliphatic rings. The molecule has 3 rings (SSSR count). The second-order valence-corrected chi connectivity index (χ2v) is 8.31. The maximum atomic E-state index is 13.4. The number of hydroxylamine groups is 1. The standard InChI is InChI=1S/C20H20ClFN4O4.C4H6O6/c1-29-17-10-16-13(9-18(17)30-7-3-2-4-19(27)26-28)20(24-11-23-16)25-12-5-6-15(22)14(21)8-12;5-1(3(7)8)2(6)4(9)10/h5-6,8-11,28H,2-4,7H2,1H3,(H,26,27)(H,23,24,25);1-2,5-6H,(H,7,8)(H,9,10). The molecule has 40 heavy (non-hydrogen) atoms. The van der Waals surface area contributed by atoms with Gasteiger partial charge < -0.3 is 35.2 Å². The van der Waals surface area contributed by atoms with Crippen LogP contribution in [-0.2, 0) is 14.4 Å². The zero-order valence-electron chi connectivity index (χ0n) is 20.9. The SMILES string of the molecule is COc1cc2ncnc(Nc3ccc(F)c(Cl)c3)c2cc1OCCCCC(=O)NO.O=C(O)C(O)C(O)C(=O)O. The van der Waals surface area contributed by atoms with E-state index >= 15 is 0 Å². The van der Waals surface area contributed by atoms with Gasteiger partial charge in [-0.3, -0.25) is 10.0 Å². The summed E-state index contributed by atoms with van der Waals surface area (Å²) in [5, 5.41) is 44.8. The van der Waals surface area contributed by atoms with Crippen LogP contribution in [0.5, 0.6) is 11.5 Å². The maximum Gasteiger partial charge on any atom is 0.335 e. The van der Waals surface area contributed by atoms with Crippen molar-refractivity contribution >= 4 is 51.9 Å². The van der Waals surface area contributed by atoms with Crippen LogP contribution in [0.4, 0.5) is 15.9 Å². The van der Waals surface area contributed by atoms with Gasteiger partial charge in [-0.05, 0) is 37.1 Å². The van der Waals surface area contributed by atoms with Gasteiger partial charge in [0.15, 0.2) is 23.7 Å². The minimum Gasteiger partial charge on any atom is -0.493 e. The van der Waals surface area contributed by atoms with E-state index in [-0.39, 0.29) is 11.4 Å². The van der Waals surface area contributed by atoms with E-state index in [0.29, 0.717) is 53.4 Å². The molecule has 0 aliphatic carbocycles. The molecular formula is C24H26ClFN4O10. The second kappa shape index (κ2) is 15.3. The van der Waals surface area contributed by atoms with Crippen LogP contribution in [0.15, 0.2) is 36.7 Å². The molecule has 3 aromatic rings. The Morgan fingerprint density at radius 1 is 1.02 bits per heavy atom. The van der Waals surface area contributed by atoms with Crippen LogP contribution in [-0.4, -0.2) is 79.4 Å². The van der Waals surface area contributed by atoms with Gasteiger partial charge in [-0.2, -0.15) is 0 Å². The van der Waals surface area contributed by atoms with Crippen molar-refractivity contribution in [2.45, 2.75) is 31.5 Å². The van der Waals surface area contributed by atoms with Crippen molar-refractivity contribution in [1.29, 1.82) is 0 Å². The number of rotatable bonds is 12. The predicted octanol–water partition coefficient (Wildman–Crippen LogP) is 2.11. The smallest absolute Gasteiger partial charge is 0.335 e. The average Bonchev–Trinajstić information content (AvgIpc) is 2.93. The summed E-state index contributed by atoms with van der Waals surface area (Å²) in [7, 11) is 1.53. The lowest BCUT2D eigenvalue weighted by Gasteiger charge is -2.14. The first-order valence-electron chi connectivity index (χ1n) is 11.4. The zero-order valence-corrected chi connectivity index (χ0v) is 21.6. The largest absolute Gasteiger partial charge is 0.493 e. The number of carboxylic acids is 2. The summed E-state index contributed by atoms with van der Waals surface area (Å²) in [5.41, 5.74) is 2.80. The highest BCUT2D eigenvalue weighted by molar-refractivity contribution is 6.31.